The molecule has 0 amide bonds. The molecule has 4 nitrogen and oxygen atoms in total. The van der Waals surface area contributed by atoms with Crippen LogP contribution in [-0.2, 0) is 14.9 Å². The van der Waals surface area contributed by atoms with E-state index in [1.165, 1.54) is 25.9 Å². The normalized spacial score (nSPS) is 15.1. The second-order valence-corrected chi connectivity index (χ2v) is 10.5. The van der Waals surface area contributed by atoms with Gasteiger partial charge < -0.3 is 9.64 Å². The van der Waals surface area contributed by atoms with E-state index in [0.717, 1.165) is 4.88 Å². The molecular weight excluding hydrogens is 376 g/mol. The molecule has 2 aromatic rings. The van der Waals surface area contributed by atoms with Crippen molar-refractivity contribution in [3.63, 3.8) is 0 Å². The zero-order chi connectivity index (χ0) is 20.1. The van der Waals surface area contributed by atoms with Crippen LogP contribution in [0, 0.1) is 11.3 Å². The molecular formula is C21H24N2O2S2. The summed E-state index contributed by atoms with van der Waals surface area (Å²) in [6, 6.07) is 6.35. The Labute approximate surface area is 168 Å². The Hall–Kier alpha value is -2.10. The van der Waals surface area contributed by atoms with Gasteiger partial charge in [0.2, 0.25) is 0 Å². The van der Waals surface area contributed by atoms with Crippen LogP contribution in [0.1, 0.15) is 50.6 Å². The first-order chi connectivity index (χ1) is 12.4. The predicted molar refractivity (Wildman–Crippen MR) is 114 cm³/mol. The molecule has 0 spiro atoms. The Bertz CT molecular complexity index is 979. The highest BCUT2D eigenvalue weighted by molar-refractivity contribution is 7.25. The molecule has 3 rings (SSSR count). The average molecular weight is 401 g/mol. The third kappa shape index (κ3) is 3.54. The van der Waals surface area contributed by atoms with Crippen molar-refractivity contribution in [1.29, 1.82) is 5.26 Å². The quantitative estimate of drug-likeness (QED) is 0.392. The fourth-order valence-electron chi connectivity index (χ4n) is 3.10. The average Bonchev–Trinajstić information content (AvgIpc) is 3.18. The second-order valence-electron chi connectivity index (χ2n) is 8.41. The first-order valence-electron chi connectivity index (χ1n) is 8.75. The van der Waals surface area contributed by atoms with Crippen LogP contribution in [0.5, 0.6) is 0 Å². The minimum absolute atomic E-state index is 0.0306. The molecule has 0 radical (unpaired) electrons. The number of esters is 1. The highest BCUT2D eigenvalue weighted by Gasteiger charge is 2.39. The molecule has 142 valence electrons. The summed E-state index contributed by atoms with van der Waals surface area (Å²) in [5.41, 5.74) is 1.92. The lowest BCUT2D eigenvalue weighted by Crippen LogP contribution is -2.24. The number of rotatable bonds is 3. The van der Waals surface area contributed by atoms with Gasteiger partial charge in [0.1, 0.15) is 17.2 Å². The molecule has 27 heavy (non-hydrogen) atoms. The third-order valence-electron chi connectivity index (χ3n) is 4.49. The van der Waals surface area contributed by atoms with Gasteiger partial charge in [0.05, 0.1) is 9.88 Å². The summed E-state index contributed by atoms with van der Waals surface area (Å²) in [5, 5.41) is 10.6. The number of fused-ring (bicyclic) bond motifs is 3. The lowest BCUT2D eigenvalue weighted by Gasteiger charge is -2.19. The van der Waals surface area contributed by atoms with Crippen molar-refractivity contribution >= 4 is 39.7 Å². The Balaban J connectivity index is 2.01. The topological polar surface area (TPSA) is 53.3 Å². The van der Waals surface area contributed by atoms with Gasteiger partial charge in [0.25, 0.3) is 0 Å². The molecule has 0 fully saturated rings. The minimum atomic E-state index is -0.624. The highest BCUT2D eigenvalue weighted by atomic mass is 32.1. The first-order valence-corrected chi connectivity index (χ1v) is 10.4. The van der Waals surface area contributed by atoms with Crippen LogP contribution in [0.4, 0.5) is 5.00 Å². The Morgan fingerprint density at radius 2 is 1.78 bits per heavy atom. The smallest absolute Gasteiger partial charge is 0.349 e. The van der Waals surface area contributed by atoms with E-state index in [1.807, 2.05) is 6.07 Å². The van der Waals surface area contributed by atoms with Gasteiger partial charge in [-0.25, -0.2) is 4.79 Å². The maximum absolute atomic E-state index is 12.3. The maximum Gasteiger partial charge on any atom is 0.349 e. The standard InChI is InChI=1S/C21H24N2O2S2/c1-20(2,3)25-19(24)12(11-22)8-13-9-14-17(26-13)18-15(21(14,4)5)10-16(27-18)23(6)7/h8-10H,1-7H3/b12-8+. The number of carbonyl (C=O) groups is 1. The maximum atomic E-state index is 12.3. The molecule has 0 saturated heterocycles. The molecule has 0 aromatic carbocycles. The molecule has 1 aliphatic carbocycles. The van der Waals surface area contributed by atoms with E-state index < -0.39 is 11.6 Å². The summed E-state index contributed by atoms with van der Waals surface area (Å²) in [6.45, 7) is 9.83. The number of anilines is 1. The fourth-order valence-corrected chi connectivity index (χ4v) is 5.76. The molecule has 0 N–H and O–H groups in total. The SMILES string of the molecule is CN(C)c1cc2c(s1)-c1sc(/C=C(\C#N)C(=O)OC(C)(C)C)cc1C2(C)C. The zero-order valence-electron chi connectivity index (χ0n) is 16.8. The van der Waals surface area contributed by atoms with Gasteiger partial charge in [-0.1, -0.05) is 13.8 Å². The van der Waals surface area contributed by atoms with Gasteiger partial charge in [0.15, 0.2) is 0 Å². The molecule has 0 unspecified atom stereocenters. The first kappa shape index (κ1) is 19.7. The van der Waals surface area contributed by atoms with Crippen LogP contribution in [0.25, 0.3) is 15.8 Å². The Morgan fingerprint density at radius 3 is 2.33 bits per heavy atom. The second kappa shape index (κ2) is 6.50. The van der Waals surface area contributed by atoms with Crippen molar-refractivity contribution in [2.45, 2.75) is 45.6 Å². The van der Waals surface area contributed by atoms with Crippen molar-refractivity contribution < 1.29 is 9.53 Å². The molecule has 0 atom stereocenters. The van der Waals surface area contributed by atoms with Crippen molar-refractivity contribution in [1.82, 2.24) is 0 Å². The zero-order valence-corrected chi connectivity index (χ0v) is 18.4. The molecule has 2 heterocycles. The fraction of sp³-hybridized carbons (Fsp3) is 0.429. The van der Waals surface area contributed by atoms with Crippen LogP contribution in [0.3, 0.4) is 0 Å². The van der Waals surface area contributed by atoms with E-state index in [1.54, 1.807) is 49.5 Å². The summed E-state index contributed by atoms with van der Waals surface area (Å²) >= 11 is 3.41. The van der Waals surface area contributed by atoms with Crippen LogP contribution in [0.15, 0.2) is 17.7 Å². The van der Waals surface area contributed by atoms with E-state index in [-0.39, 0.29) is 11.0 Å². The van der Waals surface area contributed by atoms with Gasteiger partial charge in [-0.15, -0.1) is 22.7 Å². The predicted octanol–water partition coefficient (Wildman–Crippen LogP) is 5.43. The third-order valence-corrected chi connectivity index (χ3v) is 7.04. The summed E-state index contributed by atoms with van der Waals surface area (Å²) in [7, 11) is 4.11. The van der Waals surface area contributed by atoms with Crippen molar-refractivity contribution in [3.05, 3.63) is 33.7 Å². The lowest BCUT2D eigenvalue weighted by molar-refractivity contribution is -0.149. The molecule has 0 saturated carbocycles. The van der Waals surface area contributed by atoms with E-state index in [9.17, 15) is 10.1 Å². The molecule has 2 aromatic heterocycles. The Kier molecular flexibility index (Phi) is 4.73. The van der Waals surface area contributed by atoms with Gasteiger partial charge in [-0.2, -0.15) is 5.26 Å². The van der Waals surface area contributed by atoms with Gasteiger partial charge >= 0.3 is 5.97 Å². The van der Waals surface area contributed by atoms with Crippen molar-refractivity contribution in [3.8, 4) is 15.8 Å². The Morgan fingerprint density at radius 1 is 1.19 bits per heavy atom. The number of ether oxygens (including phenoxy) is 1. The van der Waals surface area contributed by atoms with Crippen molar-refractivity contribution in [2.24, 2.45) is 0 Å². The highest BCUT2D eigenvalue weighted by Crippen LogP contribution is 2.56. The summed E-state index contributed by atoms with van der Waals surface area (Å²) in [5.74, 6) is -0.579. The van der Waals surface area contributed by atoms with Gasteiger partial charge in [0, 0.05) is 29.3 Å². The molecule has 1 aliphatic rings. The number of nitrogens with zero attached hydrogens (tertiary/aromatic N) is 2. The molecule has 6 heteroatoms. The molecule has 0 bridgehead atoms. The number of nitriles is 1. The van der Waals surface area contributed by atoms with E-state index >= 15 is 0 Å². The lowest BCUT2D eigenvalue weighted by atomic mass is 9.84. The van der Waals surface area contributed by atoms with E-state index in [0.29, 0.717) is 0 Å². The van der Waals surface area contributed by atoms with Crippen LogP contribution in [-0.4, -0.2) is 25.7 Å². The number of hydrogen-bond donors (Lipinski definition) is 0. The van der Waals surface area contributed by atoms with E-state index in [2.05, 4.69) is 45.0 Å². The summed E-state index contributed by atoms with van der Waals surface area (Å²) < 4.78 is 5.34. The number of thiophene rings is 2. The van der Waals surface area contributed by atoms with E-state index in [4.69, 9.17) is 4.74 Å². The largest absolute Gasteiger partial charge is 0.456 e. The van der Waals surface area contributed by atoms with Crippen molar-refractivity contribution in [2.75, 3.05) is 19.0 Å². The summed E-state index contributed by atoms with van der Waals surface area (Å²) in [4.78, 5) is 17.8. The summed E-state index contributed by atoms with van der Waals surface area (Å²) in [6.07, 6.45) is 1.65. The number of carbonyl (C=O) groups excluding carboxylic acids is 1. The monoisotopic (exact) mass is 400 g/mol. The van der Waals surface area contributed by atoms with Gasteiger partial charge in [-0.3, -0.25) is 0 Å². The van der Waals surface area contributed by atoms with Crippen LogP contribution in [0.2, 0.25) is 0 Å². The minimum Gasteiger partial charge on any atom is -0.456 e. The number of hydrogen-bond acceptors (Lipinski definition) is 6. The van der Waals surface area contributed by atoms with Gasteiger partial charge in [-0.05, 0) is 50.1 Å². The molecule has 0 aliphatic heterocycles. The van der Waals surface area contributed by atoms with Crippen LogP contribution < -0.4 is 4.90 Å². The van der Waals surface area contributed by atoms with Crippen LogP contribution >= 0.6 is 22.7 Å².